The zero-order valence-corrected chi connectivity index (χ0v) is 15.5. The maximum Gasteiger partial charge on any atom is 0.249 e. The molecule has 0 unspecified atom stereocenters. The van der Waals surface area contributed by atoms with Crippen molar-refractivity contribution >= 4 is 40.6 Å². The van der Waals surface area contributed by atoms with Gasteiger partial charge in [-0.3, -0.25) is 4.79 Å². The number of carbonyl (C=O) groups is 1. The average molecular weight is 383 g/mol. The lowest BCUT2D eigenvalue weighted by Gasteiger charge is -2.09. The minimum absolute atomic E-state index is 0.111. The molecule has 0 atom stereocenters. The molecule has 3 rings (SSSR count). The highest BCUT2D eigenvalue weighted by molar-refractivity contribution is 6.30. The van der Waals surface area contributed by atoms with Crippen LogP contribution in [0.4, 0.5) is 23.1 Å². The van der Waals surface area contributed by atoms with Gasteiger partial charge in [0.25, 0.3) is 0 Å². The number of amides is 1. The molecule has 1 amide bonds. The molecular weight excluding hydrogens is 364 g/mol. The molecule has 0 aliphatic rings. The fourth-order valence-electron chi connectivity index (χ4n) is 2.44. The second kappa shape index (κ2) is 8.95. The largest absolute Gasteiger partial charge is 0.368 e. The molecule has 1 aromatic heterocycles. The van der Waals surface area contributed by atoms with E-state index < -0.39 is 0 Å². The fraction of sp³-hybridized carbons (Fsp3) is 0.158. The van der Waals surface area contributed by atoms with E-state index >= 15 is 0 Å². The van der Waals surface area contributed by atoms with Gasteiger partial charge in [0.1, 0.15) is 0 Å². The van der Waals surface area contributed by atoms with Crippen LogP contribution in [0.1, 0.15) is 12.5 Å². The summed E-state index contributed by atoms with van der Waals surface area (Å²) in [5.74, 6) is 0.902. The smallest absolute Gasteiger partial charge is 0.249 e. The molecule has 138 valence electrons. The van der Waals surface area contributed by atoms with Crippen LogP contribution in [0.5, 0.6) is 0 Å². The molecule has 0 aliphatic carbocycles. The van der Waals surface area contributed by atoms with Gasteiger partial charge in [-0.1, -0.05) is 23.7 Å². The van der Waals surface area contributed by atoms with Crippen LogP contribution in [-0.4, -0.2) is 27.6 Å². The minimum Gasteiger partial charge on any atom is -0.368 e. The van der Waals surface area contributed by atoms with Crippen LogP contribution in [0.15, 0.2) is 54.7 Å². The van der Waals surface area contributed by atoms with E-state index in [0.717, 1.165) is 28.4 Å². The first-order chi connectivity index (χ1) is 13.1. The predicted molar refractivity (Wildman–Crippen MR) is 108 cm³/mol. The second-order valence-corrected chi connectivity index (χ2v) is 6.29. The SMILES string of the molecule is CC(=O)Nc1ccc(Nc2nncc(NCCc3cccc(Cl)c3)n2)cc1. The van der Waals surface area contributed by atoms with Gasteiger partial charge in [0, 0.05) is 29.9 Å². The molecule has 0 radical (unpaired) electrons. The molecule has 3 aromatic rings. The van der Waals surface area contributed by atoms with Gasteiger partial charge in [-0.2, -0.15) is 10.1 Å². The van der Waals surface area contributed by atoms with Gasteiger partial charge in [0.2, 0.25) is 11.9 Å². The van der Waals surface area contributed by atoms with Gasteiger partial charge in [-0.15, -0.1) is 5.10 Å². The number of aromatic nitrogens is 3. The molecule has 8 heteroatoms. The summed E-state index contributed by atoms with van der Waals surface area (Å²) in [6, 6.07) is 15.0. The van der Waals surface area contributed by atoms with Crippen LogP contribution in [0.2, 0.25) is 5.02 Å². The van der Waals surface area contributed by atoms with Gasteiger partial charge >= 0.3 is 0 Å². The number of nitrogens with zero attached hydrogens (tertiary/aromatic N) is 3. The number of hydrogen-bond donors (Lipinski definition) is 3. The number of nitrogens with one attached hydrogen (secondary N) is 3. The Morgan fingerprint density at radius 2 is 1.89 bits per heavy atom. The Morgan fingerprint density at radius 1 is 1.11 bits per heavy atom. The summed E-state index contributed by atoms with van der Waals surface area (Å²) in [5, 5.41) is 17.7. The highest BCUT2D eigenvalue weighted by Gasteiger charge is 2.03. The molecule has 0 aliphatic heterocycles. The molecule has 27 heavy (non-hydrogen) atoms. The molecular formula is C19H19ClN6O. The molecule has 0 fully saturated rings. The Balaban J connectivity index is 1.56. The maximum atomic E-state index is 11.1. The molecule has 3 N–H and O–H groups in total. The van der Waals surface area contributed by atoms with Crippen molar-refractivity contribution in [1.82, 2.24) is 15.2 Å². The summed E-state index contributed by atoms with van der Waals surface area (Å²) in [5.41, 5.74) is 2.67. The third-order valence-electron chi connectivity index (χ3n) is 3.63. The normalized spacial score (nSPS) is 10.3. The number of rotatable bonds is 7. The summed E-state index contributed by atoms with van der Waals surface area (Å²) >= 11 is 5.99. The minimum atomic E-state index is -0.111. The van der Waals surface area contributed by atoms with Crippen molar-refractivity contribution < 1.29 is 4.79 Å². The van der Waals surface area contributed by atoms with Crippen molar-refractivity contribution in [2.75, 3.05) is 22.5 Å². The second-order valence-electron chi connectivity index (χ2n) is 5.86. The van der Waals surface area contributed by atoms with Crippen molar-refractivity contribution in [3.8, 4) is 0 Å². The average Bonchev–Trinajstić information content (AvgIpc) is 2.63. The summed E-state index contributed by atoms with van der Waals surface area (Å²) in [7, 11) is 0. The van der Waals surface area contributed by atoms with Gasteiger partial charge < -0.3 is 16.0 Å². The van der Waals surface area contributed by atoms with Crippen LogP contribution in [0.25, 0.3) is 0 Å². The Kier molecular flexibility index (Phi) is 6.17. The van der Waals surface area contributed by atoms with E-state index in [1.165, 1.54) is 6.92 Å². The highest BCUT2D eigenvalue weighted by Crippen LogP contribution is 2.17. The molecule has 7 nitrogen and oxygen atoms in total. The fourth-order valence-corrected chi connectivity index (χ4v) is 2.65. The first-order valence-corrected chi connectivity index (χ1v) is 8.79. The number of anilines is 4. The molecule has 0 spiro atoms. The Hall–Kier alpha value is -3.19. The van der Waals surface area contributed by atoms with Crippen molar-refractivity contribution in [3.63, 3.8) is 0 Å². The van der Waals surface area contributed by atoms with E-state index in [-0.39, 0.29) is 5.91 Å². The van der Waals surface area contributed by atoms with E-state index in [1.807, 2.05) is 36.4 Å². The Morgan fingerprint density at radius 3 is 2.63 bits per heavy atom. The third kappa shape index (κ3) is 5.93. The number of hydrogen-bond acceptors (Lipinski definition) is 6. The number of halogens is 1. The summed E-state index contributed by atoms with van der Waals surface area (Å²) in [4.78, 5) is 15.4. The van der Waals surface area contributed by atoms with E-state index in [9.17, 15) is 4.79 Å². The van der Waals surface area contributed by atoms with Crippen LogP contribution in [0.3, 0.4) is 0 Å². The zero-order chi connectivity index (χ0) is 19.1. The summed E-state index contributed by atoms with van der Waals surface area (Å²) < 4.78 is 0. The lowest BCUT2D eigenvalue weighted by Crippen LogP contribution is -2.09. The Labute approximate surface area is 162 Å². The maximum absolute atomic E-state index is 11.1. The lowest BCUT2D eigenvalue weighted by atomic mass is 10.1. The molecule has 0 bridgehead atoms. The summed E-state index contributed by atoms with van der Waals surface area (Å²) in [6.45, 7) is 2.17. The predicted octanol–water partition coefficient (Wildman–Crippen LogP) is 3.88. The van der Waals surface area contributed by atoms with E-state index in [4.69, 9.17) is 11.6 Å². The van der Waals surface area contributed by atoms with Crippen LogP contribution in [-0.2, 0) is 11.2 Å². The molecule has 1 heterocycles. The highest BCUT2D eigenvalue weighted by atomic mass is 35.5. The first-order valence-electron chi connectivity index (χ1n) is 8.41. The molecule has 0 saturated heterocycles. The zero-order valence-electron chi connectivity index (χ0n) is 14.7. The van der Waals surface area contributed by atoms with E-state index in [0.29, 0.717) is 18.3 Å². The summed E-state index contributed by atoms with van der Waals surface area (Å²) in [6.07, 6.45) is 2.39. The van der Waals surface area contributed by atoms with E-state index in [2.05, 4.69) is 31.1 Å². The van der Waals surface area contributed by atoms with Gasteiger partial charge in [-0.25, -0.2) is 0 Å². The van der Waals surface area contributed by atoms with Gasteiger partial charge in [0.05, 0.1) is 6.20 Å². The quantitative estimate of drug-likeness (QED) is 0.574. The van der Waals surface area contributed by atoms with Crippen molar-refractivity contribution in [2.45, 2.75) is 13.3 Å². The van der Waals surface area contributed by atoms with Gasteiger partial charge in [0.15, 0.2) is 5.82 Å². The standard InChI is InChI=1S/C19H19ClN6O/c1-13(27)23-16-5-7-17(8-6-16)24-19-25-18(12-22-26-19)21-10-9-14-3-2-4-15(20)11-14/h2-8,11-12H,9-10H2,1H3,(H,23,27)(H2,21,24,25,26). The van der Waals surface area contributed by atoms with E-state index in [1.54, 1.807) is 18.3 Å². The van der Waals surface area contributed by atoms with Crippen LogP contribution < -0.4 is 16.0 Å². The van der Waals surface area contributed by atoms with Crippen LogP contribution in [0, 0.1) is 0 Å². The lowest BCUT2D eigenvalue weighted by molar-refractivity contribution is -0.114. The molecule has 0 saturated carbocycles. The molecule has 2 aromatic carbocycles. The number of carbonyl (C=O) groups excluding carboxylic acids is 1. The monoisotopic (exact) mass is 382 g/mol. The number of benzene rings is 2. The first kappa shape index (κ1) is 18.6. The van der Waals surface area contributed by atoms with Crippen molar-refractivity contribution in [3.05, 3.63) is 65.3 Å². The van der Waals surface area contributed by atoms with Crippen molar-refractivity contribution in [1.29, 1.82) is 0 Å². The van der Waals surface area contributed by atoms with Crippen molar-refractivity contribution in [2.24, 2.45) is 0 Å². The topological polar surface area (TPSA) is 91.8 Å². The van der Waals surface area contributed by atoms with Gasteiger partial charge in [-0.05, 0) is 48.4 Å². The third-order valence-corrected chi connectivity index (χ3v) is 3.86. The van der Waals surface area contributed by atoms with Crippen LogP contribution >= 0.6 is 11.6 Å². The Bertz CT molecular complexity index is 916.